The van der Waals surface area contributed by atoms with Gasteiger partial charge in [0.1, 0.15) is 0 Å². The van der Waals surface area contributed by atoms with Gasteiger partial charge in [0.25, 0.3) is 11.8 Å². The maximum Gasteiger partial charge on any atom is 0.261 e. The average Bonchev–Trinajstić information content (AvgIpc) is 2.86. The molecule has 1 atom stereocenters. The van der Waals surface area contributed by atoms with E-state index in [1.54, 1.807) is 48.5 Å². The molecular weight excluding hydrogens is 306 g/mol. The second-order valence-electron chi connectivity index (χ2n) is 5.49. The van der Waals surface area contributed by atoms with Crippen molar-refractivity contribution in [3.05, 3.63) is 65.2 Å². The maximum atomic E-state index is 12.2. The summed E-state index contributed by atoms with van der Waals surface area (Å²) in [7, 11) is 0. The molecule has 1 aliphatic heterocycles. The number of carbonyl (C=O) groups is 2. The van der Waals surface area contributed by atoms with Gasteiger partial charge in [0.2, 0.25) is 0 Å². The fourth-order valence-electron chi connectivity index (χ4n) is 2.58. The van der Waals surface area contributed by atoms with Crippen molar-refractivity contribution in [2.45, 2.75) is 6.10 Å². The molecule has 3 rings (SSSR count). The number of aliphatic hydroxyl groups excluding tert-OH is 1. The number of rotatable bonds is 5. The number of hydrogen-bond donors (Lipinski definition) is 2. The first-order valence-electron chi connectivity index (χ1n) is 7.47. The molecule has 120 valence electrons. The van der Waals surface area contributed by atoms with Gasteiger partial charge in [0, 0.05) is 12.2 Å². The Morgan fingerprint density at radius 2 is 1.62 bits per heavy atom. The van der Waals surface area contributed by atoms with Crippen molar-refractivity contribution in [2.75, 3.05) is 18.4 Å². The van der Waals surface area contributed by atoms with Crippen molar-refractivity contribution in [3.63, 3.8) is 0 Å². The van der Waals surface area contributed by atoms with Gasteiger partial charge in [-0.1, -0.05) is 12.1 Å². The largest absolute Gasteiger partial charge is 0.389 e. The van der Waals surface area contributed by atoms with Gasteiger partial charge in [-0.3, -0.25) is 14.5 Å². The van der Waals surface area contributed by atoms with E-state index in [1.807, 2.05) is 6.07 Å². The Balaban J connectivity index is 1.59. The Bertz CT molecular complexity index is 789. The summed E-state index contributed by atoms with van der Waals surface area (Å²) in [6.07, 6.45) is -0.900. The first-order chi connectivity index (χ1) is 11.6. The summed E-state index contributed by atoms with van der Waals surface area (Å²) in [5, 5.41) is 21.9. The van der Waals surface area contributed by atoms with Crippen LogP contribution >= 0.6 is 0 Å². The Hall–Kier alpha value is -3.17. The second-order valence-corrected chi connectivity index (χ2v) is 5.49. The predicted molar refractivity (Wildman–Crippen MR) is 87.5 cm³/mol. The SMILES string of the molecule is N#Cc1ccc(NC[C@@H](O)CN2C(=O)c3ccccc3C2=O)cc1. The zero-order valence-corrected chi connectivity index (χ0v) is 12.8. The molecule has 0 saturated heterocycles. The van der Waals surface area contributed by atoms with E-state index in [0.717, 1.165) is 10.6 Å². The molecule has 6 nitrogen and oxygen atoms in total. The maximum absolute atomic E-state index is 12.2. The normalized spacial score (nSPS) is 14.2. The molecule has 2 N–H and O–H groups in total. The van der Waals surface area contributed by atoms with Crippen molar-refractivity contribution in [1.82, 2.24) is 4.90 Å². The summed E-state index contributed by atoms with van der Waals surface area (Å²) >= 11 is 0. The lowest BCUT2D eigenvalue weighted by atomic mass is 10.1. The molecule has 2 amide bonds. The fourth-order valence-corrected chi connectivity index (χ4v) is 2.58. The Morgan fingerprint density at radius 1 is 1.04 bits per heavy atom. The van der Waals surface area contributed by atoms with E-state index in [-0.39, 0.29) is 24.9 Å². The Kier molecular flexibility index (Phi) is 4.27. The molecule has 24 heavy (non-hydrogen) atoms. The third-order valence-corrected chi connectivity index (χ3v) is 3.83. The molecule has 2 aromatic rings. The quantitative estimate of drug-likeness (QED) is 0.816. The molecule has 0 bridgehead atoms. The van der Waals surface area contributed by atoms with Gasteiger partial charge in [0.05, 0.1) is 35.4 Å². The molecular formula is C18H15N3O3. The molecule has 0 aliphatic carbocycles. The lowest BCUT2D eigenvalue weighted by molar-refractivity contribution is 0.0558. The number of aliphatic hydroxyl groups is 1. The Labute approximate surface area is 138 Å². The summed E-state index contributed by atoms with van der Waals surface area (Å²) in [5.74, 6) is -0.763. The standard InChI is InChI=1S/C18H15N3O3/c19-9-12-5-7-13(8-6-12)20-10-14(22)11-21-17(23)15-3-1-2-4-16(15)18(21)24/h1-8,14,20,22H,10-11H2/t14-/m1/s1. The van der Waals surface area contributed by atoms with Crippen molar-refractivity contribution < 1.29 is 14.7 Å². The van der Waals surface area contributed by atoms with E-state index in [9.17, 15) is 14.7 Å². The molecule has 6 heteroatoms. The van der Waals surface area contributed by atoms with Crippen molar-refractivity contribution in [3.8, 4) is 6.07 Å². The van der Waals surface area contributed by atoms with E-state index in [1.165, 1.54) is 0 Å². The predicted octanol–water partition coefficient (Wildman–Crippen LogP) is 1.63. The summed E-state index contributed by atoms with van der Waals surface area (Å²) in [6, 6.07) is 15.4. The zero-order chi connectivity index (χ0) is 17.1. The highest BCUT2D eigenvalue weighted by atomic mass is 16.3. The topological polar surface area (TPSA) is 93.4 Å². The van der Waals surface area contributed by atoms with Gasteiger partial charge in [-0.05, 0) is 36.4 Å². The van der Waals surface area contributed by atoms with Gasteiger partial charge in [-0.15, -0.1) is 0 Å². The number of benzene rings is 2. The van der Waals surface area contributed by atoms with Gasteiger partial charge >= 0.3 is 0 Å². The number of β-amino-alcohol motifs (C(OH)–C–C–N with tert-alkyl or cyclic N) is 1. The average molecular weight is 321 g/mol. The van der Waals surface area contributed by atoms with E-state index >= 15 is 0 Å². The molecule has 0 saturated carbocycles. The lowest BCUT2D eigenvalue weighted by Crippen LogP contribution is -2.39. The van der Waals surface area contributed by atoms with Crippen LogP contribution in [-0.2, 0) is 0 Å². The Morgan fingerprint density at radius 3 is 2.17 bits per heavy atom. The van der Waals surface area contributed by atoms with Crippen LogP contribution in [0.25, 0.3) is 0 Å². The minimum Gasteiger partial charge on any atom is -0.389 e. The van der Waals surface area contributed by atoms with E-state index in [0.29, 0.717) is 16.7 Å². The van der Waals surface area contributed by atoms with Crippen molar-refractivity contribution in [1.29, 1.82) is 5.26 Å². The highest BCUT2D eigenvalue weighted by Gasteiger charge is 2.35. The van der Waals surface area contributed by atoms with E-state index < -0.39 is 6.10 Å². The van der Waals surface area contributed by atoms with Crippen molar-refractivity contribution in [2.24, 2.45) is 0 Å². The van der Waals surface area contributed by atoms with Gasteiger partial charge in [-0.25, -0.2) is 0 Å². The number of carbonyl (C=O) groups excluding carboxylic acids is 2. The molecule has 0 radical (unpaired) electrons. The fraction of sp³-hybridized carbons (Fsp3) is 0.167. The number of anilines is 1. The first-order valence-corrected chi connectivity index (χ1v) is 7.47. The molecule has 1 heterocycles. The van der Waals surface area contributed by atoms with Crippen LogP contribution in [0.4, 0.5) is 5.69 Å². The highest BCUT2D eigenvalue weighted by Crippen LogP contribution is 2.22. The van der Waals surface area contributed by atoms with Crippen LogP contribution in [0.15, 0.2) is 48.5 Å². The lowest BCUT2D eigenvalue weighted by Gasteiger charge is -2.19. The monoisotopic (exact) mass is 321 g/mol. The molecule has 0 fully saturated rings. The van der Waals surface area contributed by atoms with Gasteiger partial charge in [-0.2, -0.15) is 5.26 Å². The molecule has 1 aliphatic rings. The first kappa shape index (κ1) is 15.7. The third kappa shape index (κ3) is 2.98. The number of nitrogens with zero attached hydrogens (tertiary/aromatic N) is 2. The third-order valence-electron chi connectivity index (χ3n) is 3.83. The van der Waals surface area contributed by atoms with Crippen LogP contribution < -0.4 is 5.32 Å². The molecule has 2 aromatic carbocycles. The summed E-state index contributed by atoms with van der Waals surface area (Å²) in [6.45, 7) is 0.106. The van der Waals surface area contributed by atoms with Gasteiger partial charge < -0.3 is 10.4 Å². The van der Waals surface area contributed by atoms with Crippen LogP contribution in [0.1, 0.15) is 26.3 Å². The van der Waals surface area contributed by atoms with Crippen LogP contribution in [0.3, 0.4) is 0 Å². The summed E-state index contributed by atoms with van der Waals surface area (Å²) in [4.78, 5) is 25.5. The number of nitriles is 1. The number of fused-ring (bicyclic) bond motifs is 1. The van der Waals surface area contributed by atoms with Crippen molar-refractivity contribution >= 4 is 17.5 Å². The summed E-state index contributed by atoms with van der Waals surface area (Å²) in [5.41, 5.74) is 2.03. The van der Waals surface area contributed by atoms with Crippen LogP contribution in [0.2, 0.25) is 0 Å². The van der Waals surface area contributed by atoms with Crippen LogP contribution in [0, 0.1) is 11.3 Å². The minimum absolute atomic E-state index is 0.0738. The zero-order valence-electron chi connectivity index (χ0n) is 12.8. The number of nitrogens with one attached hydrogen (secondary N) is 1. The number of amides is 2. The smallest absolute Gasteiger partial charge is 0.261 e. The number of imide groups is 1. The second kappa shape index (κ2) is 6.52. The molecule has 0 spiro atoms. The van der Waals surface area contributed by atoms with Crippen LogP contribution in [-0.4, -0.2) is 41.0 Å². The molecule has 0 unspecified atom stereocenters. The van der Waals surface area contributed by atoms with Gasteiger partial charge in [0.15, 0.2) is 0 Å². The highest BCUT2D eigenvalue weighted by molar-refractivity contribution is 6.21. The minimum atomic E-state index is -0.900. The van der Waals surface area contributed by atoms with Crippen LogP contribution in [0.5, 0.6) is 0 Å². The van der Waals surface area contributed by atoms with E-state index in [2.05, 4.69) is 5.32 Å². The molecule has 0 aromatic heterocycles. The van der Waals surface area contributed by atoms with E-state index in [4.69, 9.17) is 5.26 Å². The summed E-state index contributed by atoms with van der Waals surface area (Å²) < 4.78 is 0. The number of hydrogen-bond acceptors (Lipinski definition) is 5.